The fourth-order valence-corrected chi connectivity index (χ4v) is 1.21. The first-order chi connectivity index (χ1) is 6.20. The lowest BCUT2D eigenvalue weighted by atomic mass is 10.5. The summed E-state index contributed by atoms with van der Waals surface area (Å²) in [5, 5.41) is 14.4. The Morgan fingerprint density at radius 3 is 3.15 bits per heavy atom. The van der Waals surface area contributed by atoms with Crippen molar-refractivity contribution in [2.24, 2.45) is 5.16 Å². The SMILES string of the molecule is C/C(=N\OCC(=O)O)c1nccs1. The molecule has 0 atom stereocenters. The summed E-state index contributed by atoms with van der Waals surface area (Å²) in [7, 11) is 0. The number of carboxylic acid groups (broad SMARTS) is 1. The molecule has 0 saturated heterocycles. The van der Waals surface area contributed by atoms with Gasteiger partial charge in [0.2, 0.25) is 6.61 Å². The van der Waals surface area contributed by atoms with Crippen LogP contribution in [0.5, 0.6) is 0 Å². The van der Waals surface area contributed by atoms with E-state index < -0.39 is 12.6 Å². The van der Waals surface area contributed by atoms with Crippen LogP contribution in [-0.2, 0) is 9.63 Å². The molecule has 13 heavy (non-hydrogen) atoms. The van der Waals surface area contributed by atoms with E-state index in [1.807, 2.05) is 5.38 Å². The molecule has 0 aromatic carbocycles. The molecule has 1 heterocycles. The van der Waals surface area contributed by atoms with E-state index >= 15 is 0 Å². The van der Waals surface area contributed by atoms with E-state index in [1.54, 1.807) is 13.1 Å². The Morgan fingerprint density at radius 2 is 2.62 bits per heavy atom. The molecule has 1 N–H and O–H groups in total. The quantitative estimate of drug-likeness (QED) is 0.580. The van der Waals surface area contributed by atoms with Gasteiger partial charge in [0, 0.05) is 11.6 Å². The van der Waals surface area contributed by atoms with Gasteiger partial charge in [-0.25, -0.2) is 9.78 Å². The van der Waals surface area contributed by atoms with Crippen molar-refractivity contribution in [1.82, 2.24) is 4.98 Å². The van der Waals surface area contributed by atoms with Crippen molar-refractivity contribution in [2.75, 3.05) is 6.61 Å². The van der Waals surface area contributed by atoms with Gasteiger partial charge in [0.05, 0.1) is 0 Å². The fourth-order valence-electron chi connectivity index (χ4n) is 0.625. The largest absolute Gasteiger partial charge is 0.479 e. The predicted molar refractivity (Wildman–Crippen MR) is 47.9 cm³/mol. The predicted octanol–water partition coefficient (Wildman–Crippen LogP) is 0.968. The first-order valence-corrected chi connectivity index (χ1v) is 4.36. The van der Waals surface area contributed by atoms with Gasteiger partial charge < -0.3 is 9.94 Å². The van der Waals surface area contributed by atoms with Crippen molar-refractivity contribution in [3.8, 4) is 0 Å². The van der Waals surface area contributed by atoms with Crippen LogP contribution in [0.1, 0.15) is 11.9 Å². The van der Waals surface area contributed by atoms with Gasteiger partial charge in [0.25, 0.3) is 0 Å². The number of nitrogens with zero attached hydrogens (tertiary/aromatic N) is 2. The van der Waals surface area contributed by atoms with Gasteiger partial charge in [-0.05, 0) is 6.92 Å². The second kappa shape index (κ2) is 4.56. The summed E-state index contributed by atoms with van der Waals surface area (Å²) in [4.78, 5) is 18.6. The van der Waals surface area contributed by atoms with Crippen LogP contribution in [0, 0.1) is 0 Å². The van der Waals surface area contributed by atoms with Crippen molar-refractivity contribution in [3.05, 3.63) is 16.6 Å². The van der Waals surface area contributed by atoms with Crippen LogP contribution in [0.2, 0.25) is 0 Å². The van der Waals surface area contributed by atoms with Crippen LogP contribution in [0.15, 0.2) is 16.7 Å². The van der Waals surface area contributed by atoms with Gasteiger partial charge in [-0.3, -0.25) is 0 Å². The van der Waals surface area contributed by atoms with E-state index in [0.29, 0.717) is 5.71 Å². The van der Waals surface area contributed by atoms with E-state index in [2.05, 4.69) is 15.0 Å². The second-order valence-corrected chi connectivity index (χ2v) is 3.08. The Labute approximate surface area is 78.7 Å². The van der Waals surface area contributed by atoms with Crippen LogP contribution in [0.25, 0.3) is 0 Å². The molecule has 0 radical (unpaired) electrons. The highest BCUT2D eigenvalue weighted by Gasteiger charge is 2.01. The summed E-state index contributed by atoms with van der Waals surface area (Å²) in [6.45, 7) is 1.28. The van der Waals surface area contributed by atoms with E-state index in [4.69, 9.17) is 5.11 Å². The average molecular weight is 200 g/mol. The van der Waals surface area contributed by atoms with Gasteiger partial charge >= 0.3 is 5.97 Å². The minimum atomic E-state index is -1.05. The van der Waals surface area contributed by atoms with Crippen molar-refractivity contribution in [2.45, 2.75) is 6.92 Å². The van der Waals surface area contributed by atoms with Crippen molar-refractivity contribution >= 4 is 23.0 Å². The molecule has 0 aliphatic carbocycles. The van der Waals surface area contributed by atoms with E-state index in [0.717, 1.165) is 5.01 Å². The fraction of sp³-hybridized carbons (Fsp3) is 0.286. The highest BCUT2D eigenvalue weighted by molar-refractivity contribution is 7.11. The smallest absolute Gasteiger partial charge is 0.344 e. The third-order valence-corrected chi connectivity index (χ3v) is 2.01. The van der Waals surface area contributed by atoms with E-state index in [-0.39, 0.29) is 0 Å². The summed E-state index contributed by atoms with van der Waals surface area (Å²) >= 11 is 1.42. The maximum atomic E-state index is 10.1. The molecular formula is C7H8N2O3S. The molecular weight excluding hydrogens is 192 g/mol. The molecule has 6 heteroatoms. The Morgan fingerprint density at radius 1 is 1.85 bits per heavy atom. The highest BCUT2D eigenvalue weighted by Crippen LogP contribution is 2.05. The van der Waals surface area contributed by atoms with Crippen molar-refractivity contribution in [3.63, 3.8) is 0 Å². The number of carboxylic acids is 1. The zero-order valence-electron chi connectivity index (χ0n) is 6.93. The first kappa shape index (κ1) is 9.66. The third kappa shape index (κ3) is 3.20. The highest BCUT2D eigenvalue weighted by atomic mass is 32.1. The molecule has 0 spiro atoms. The Balaban J connectivity index is 2.48. The Kier molecular flexibility index (Phi) is 3.39. The zero-order chi connectivity index (χ0) is 9.68. The number of oxime groups is 1. The number of hydrogen-bond acceptors (Lipinski definition) is 5. The van der Waals surface area contributed by atoms with Gasteiger partial charge in [0.1, 0.15) is 10.7 Å². The molecule has 0 saturated carbocycles. The molecule has 0 amide bonds. The topological polar surface area (TPSA) is 71.8 Å². The van der Waals surface area contributed by atoms with Gasteiger partial charge in [-0.2, -0.15) is 0 Å². The summed E-state index contributed by atoms with van der Waals surface area (Å²) in [5.41, 5.74) is 0.580. The molecule has 70 valence electrons. The second-order valence-electron chi connectivity index (χ2n) is 2.18. The normalized spacial score (nSPS) is 11.3. The minimum Gasteiger partial charge on any atom is -0.479 e. The zero-order valence-corrected chi connectivity index (χ0v) is 7.74. The van der Waals surface area contributed by atoms with E-state index in [9.17, 15) is 4.79 Å². The molecule has 0 unspecified atom stereocenters. The number of aromatic nitrogens is 1. The van der Waals surface area contributed by atoms with Crippen LogP contribution >= 0.6 is 11.3 Å². The summed E-state index contributed by atoms with van der Waals surface area (Å²) in [6.07, 6.45) is 1.65. The van der Waals surface area contributed by atoms with Gasteiger partial charge in [0.15, 0.2) is 0 Å². The lowest BCUT2D eigenvalue weighted by molar-refractivity contribution is -0.142. The van der Waals surface area contributed by atoms with Gasteiger partial charge in [-0.1, -0.05) is 5.16 Å². The number of hydrogen-bond donors (Lipinski definition) is 1. The minimum absolute atomic E-state index is 0.428. The number of rotatable bonds is 4. The summed E-state index contributed by atoms with van der Waals surface area (Å²) < 4.78 is 0. The maximum Gasteiger partial charge on any atom is 0.344 e. The van der Waals surface area contributed by atoms with Crippen LogP contribution in [-0.4, -0.2) is 28.4 Å². The molecule has 1 aromatic heterocycles. The van der Waals surface area contributed by atoms with E-state index in [1.165, 1.54) is 11.3 Å². The van der Waals surface area contributed by atoms with Crippen LogP contribution in [0.4, 0.5) is 0 Å². The van der Waals surface area contributed by atoms with Crippen LogP contribution < -0.4 is 0 Å². The van der Waals surface area contributed by atoms with Crippen molar-refractivity contribution < 1.29 is 14.7 Å². The maximum absolute atomic E-state index is 10.1. The molecule has 5 nitrogen and oxygen atoms in total. The molecule has 0 aliphatic rings. The van der Waals surface area contributed by atoms with Gasteiger partial charge in [-0.15, -0.1) is 11.3 Å². The first-order valence-electron chi connectivity index (χ1n) is 3.48. The monoisotopic (exact) mass is 200 g/mol. The Hall–Kier alpha value is -1.43. The standard InChI is InChI=1S/C7H8N2O3S/c1-5(7-8-2-3-13-7)9-12-4-6(10)11/h2-3H,4H2,1H3,(H,10,11)/b9-5+. The summed E-state index contributed by atoms with van der Waals surface area (Å²) in [6, 6.07) is 0. The molecule has 0 aliphatic heterocycles. The van der Waals surface area contributed by atoms with Crippen LogP contribution in [0.3, 0.4) is 0 Å². The lowest BCUT2D eigenvalue weighted by Crippen LogP contribution is -2.05. The number of thiazole rings is 1. The number of aliphatic carboxylic acids is 1. The number of carbonyl (C=O) groups is 1. The molecule has 0 fully saturated rings. The summed E-state index contributed by atoms with van der Waals surface area (Å²) in [5.74, 6) is -1.05. The Bertz CT molecular complexity index is 308. The molecule has 1 aromatic rings. The van der Waals surface area contributed by atoms with Crippen molar-refractivity contribution in [1.29, 1.82) is 0 Å². The average Bonchev–Trinajstić information content (AvgIpc) is 2.55. The molecule has 1 rings (SSSR count). The third-order valence-electron chi connectivity index (χ3n) is 1.13. The lowest BCUT2D eigenvalue weighted by Gasteiger charge is -1.95. The molecule has 0 bridgehead atoms.